The maximum Gasteiger partial charge on any atom is 0.327 e. The summed E-state index contributed by atoms with van der Waals surface area (Å²) in [6.45, 7) is 9.84. The van der Waals surface area contributed by atoms with Crippen LogP contribution in [0.15, 0.2) is 12.1 Å². The van der Waals surface area contributed by atoms with Crippen molar-refractivity contribution >= 4 is 17.6 Å². The molecule has 146 valence electrons. The fourth-order valence-corrected chi connectivity index (χ4v) is 2.10. The maximum absolute atomic E-state index is 12.6. The lowest BCUT2D eigenvalue weighted by molar-refractivity contribution is -0.385. The van der Waals surface area contributed by atoms with Crippen LogP contribution in [0.25, 0.3) is 0 Å². The van der Waals surface area contributed by atoms with Gasteiger partial charge in [0.1, 0.15) is 16.9 Å². The number of nitriles is 1. The third kappa shape index (κ3) is 6.66. The van der Waals surface area contributed by atoms with E-state index in [1.165, 1.54) is 6.07 Å². The standard InChI is InChI=1S/C18H23N3O6/c1-17(2,3)26-15(22)14(16(23)27-18(4,5)6)12-7-8-13(21(24)25)11(20-12)9-10-19/h7-8,14H,9H2,1-6H3. The van der Waals surface area contributed by atoms with E-state index in [1.807, 2.05) is 0 Å². The molecule has 0 aliphatic carbocycles. The van der Waals surface area contributed by atoms with Gasteiger partial charge in [-0.15, -0.1) is 0 Å². The zero-order chi connectivity index (χ0) is 21.0. The van der Waals surface area contributed by atoms with E-state index in [0.717, 1.165) is 6.07 Å². The molecule has 0 bridgehead atoms. The summed E-state index contributed by atoms with van der Waals surface area (Å²) in [5, 5.41) is 20.0. The maximum atomic E-state index is 12.6. The van der Waals surface area contributed by atoms with E-state index in [9.17, 15) is 19.7 Å². The fourth-order valence-electron chi connectivity index (χ4n) is 2.10. The number of pyridine rings is 1. The Bertz CT molecular complexity index is 756. The average Bonchev–Trinajstić information content (AvgIpc) is 2.43. The average molecular weight is 377 g/mol. The van der Waals surface area contributed by atoms with Crippen LogP contribution in [0.4, 0.5) is 5.69 Å². The van der Waals surface area contributed by atoms with Crippen LogP contribution in [0.1, 0.15) is 58.8 Å². The van der Waals surface area contributed by atoms with Crippen LogP contribution in [0.2, 0.25) is 0 Å². The zero-order valence-corrected chi connectivity index (χ0v) is 16.2. The van der Waals surface area contributed by atoms with E-state index in [0.29, 0.717) is 0 Å². The molecule has 0 aliphatic heterocycles. The van der Waals surface area contributed by atoms with Crippen LogP contribution in [-0.2, 0) is 25.5 Å². The minimum atomic E-state index is -1.53. The highest BCUT2D eigenvalue weighted by Gasteiger charge is 2.38. The molecular weight excluding hydrogens is 354 g/mol. The lowest BCUT2D eigenvalue weighted by Crippen LogP contribution is -2.36. The molecule has 1 aromatic rings. The predicted molar refractivity (Wildman–Crippen MR) is 94.6 cm³/mol. The molecule has 9 nitrogen and oxygen atoms in total. The highest BCUT2D eigenvalue weighted by atomic mass is 16.6. The number of esters is 2. The summed E-state index contributed by atoms with van der Waals surface area (Å²) in [6.07, 6.45) is -0.348. The van der Waals surface area contributed by atoms with E-state index in [-0.39, 0.29) is 23.5 Å². The third-order valence-electron chi connectivity index (χ3n) is 3.00. The first kappa shape index (κ1) is 22.0. The molecule has 0 aliphatic rings. The monoisotopic (exact) mass is 377 g/mol. The summed E-state index contributed by atoms with van der Waals surface area (Å²) in [6, 6.07) is 4.08. The van der Waals surface area contributed by atoms with Crippen molar-refractivity contribution in [2.75, 3.05) is 0 Å². The highest BCUT2D eigenvalue weighted by Crippen LogP contribution is 2.26. The van der Waals surface area contributed by atoms with Gasteiger partial charge in [0.25, 0.3) is 5.69 Å². The molecule has 0 saturated heterocycles. The summed E-state index contributed by atoms with van der Waals surface area (Å²) in [7, 11) is 0. The lowest BCUT2D eigenvalue weighted by Gasteiger charge is -2.26. The van der Waals surface area contributed by atoms with Crippen molar-refractivity contribution in [1.82, 2.24) is 4.98 Å². The molecule has 0 atom stereocenters. The second kappa shape index (κ2) is 8.12. The van der Waals surface area contributed by atoms with Gasteiger partial charge in [-0.25, -0.2) is 4.98 Å². The van der Waals surface area contributed by atoms with Crippen LogP contribution in [-0.4, -0.2) is 33.0 Å². The van der Waals surface area contributed by atoms with Crippen LogP contribution < -0.4 is 0 Å². The number of rotatable bonds is 5. The minimum absolute atomic E-state index is 0.0747. The van der Waals surface area contributed by atoms with E-state index in [1.54, 1.807) is 47.6 Å². The van der Waals surface area contributed by atoms with Crippen molar-refractivity contribution in [3.8, 4) is 6.07 Å². The first-order valence-corrected chi connectivity index (χ1v) is 8.22. The van der Waals surface area contributed by atoms with Crippen LogP contribution in [0, 0.1) is 21.4 Å². The van der Waals surface area contributed by atoms with Crippen molar-refractivity contribution in [3.05, 3.63) is 33.6 Å². The number of aromatic nitrogens is 1. The van der Waals surface area contributed by atoms with Gasteiger partial charge in [0, 0.05) is 6.07 Å². The smallest absolute Gasteiger partial charge is 0.327 e. The van der Waals surface area contributed by atoms with Crippen molar-refractivity contribution in [3.63, 3.8) is 0 Å². The Balaban J connectivity index is 3.44. The van der Waals surface area contributed by atoms with Gasteiger partial charge in [0.05, 0.1) is 23.1 Å². The summed E-state index contributed by atoms with van der Waals surface area (Å²) in [5.74, 6) is -3.30. The quantitative estimate of drug-likeness (QED) is 0.331. The minimum Gasteiger partial charge on any atom is -0.459 e. The Morgan fingerprint density at radius 2 is 1.63 bits per heavy atom. The largest absolute Gasteiger partial charge is 0.459 e. The first-order valence-electron chi connectivity index (χ1n) is 8.22. The number of nitrogens with zero attached hydrogens (tertiary/aromatic N) is 3. The molecule has 0 amide bonds. The molecule has 0 N–H and O–H groups in total. The second-order valence-corrected chi connectivity index (χ2v) is 7.79. The number of nitro groups is 1. The number of hydrogen-bond acceptors (Lipinski definition) is 8. The lowest BCUT2D eigenvalue weighted by atomic mass is 10.0. The second-order valence-electron chi connectivity index (χ2n) is 7.79. The van der Waals surface area contributed by atoms with E-state index in [4.69, 9.17) is 14.7 Å². The van der Waals surface area contributed by atoms with Crippen LogP contribution in [0.5, 0.6) is 0 Å². The van der Waals surface area contributed by atoms with Gasteiger partial charge in [-0.3, -0.25) is 19.7 Å². The van der Waals surface area contributed by atoms with Crippen molar-refractivity contribution in [1.29, 1.82) is 5.26 Å². The SMILES string of the molecule is CC(C)(C)OC(=O)C(C(=O)OC(C)(C)C)c1ccc([N+](=O)[O-])c(CC#N)n1. The number of carbonyl (C=O) groups excluding carboxylic acids is 2. The van der Waals surface area contributed by atoms with E-state index < -0.39 is 34.0 Å². The van der Waals surface area contributed by atoms with Gasteiger partial charge < -0.3 is 9.47 Å². The van der Waals surface area contributed by atoms with Crippen molar-refractivity contribution in [2.24, 2.45) is 0 Å². The van der Waals surface area contributed by atoms with Crippen LogP contribution >= 0.6 is 0 Å². The molecule has 0 unspecified atom stereocenters. The van der Waals surface area contributed by atoms with E-state index >= 15 is 0 Å². The summed E-state index contributed by atoms with van der Waals surface area (Å²) < 4.78 is 10.6. The van der Waals surface area contributed by atoms with Gasteiger partial charge in [0.15, 0.2) is 5.92 Å². The van der Waals surface area contributed by atoms with Gasteiger partial charge in [0.2, 0.25) is 0 Å². The normalized spacial score (nSPS) is 11.6. The number of ether oxygens (including phenoxy) is 2. The summed E-state index contributed by atoms with van der Waals surface area (Å²) >= 11 is 0. The molecule has 0 radical (unpaired) electrons. The summed E-state index contributed by atoms with van der Waals surface area (Å²) in [5.41, 5.74) is -2.32. The van der Waals surface area contributed by atoms with Crippen molar-refractivity contribution < 1.29 is 24.0 Å². The van der Waals surface area contributed by atoms with Gasteiger partial charge >= 0.3 is 11.9 Å². The van der Waals surface area contributed by atoms with E-state index in [2.05, 4.69) is 4.98 Å². The Kier molecular flexibility index (Phi) is 6.62. The molecule has 0 aromatic carbocycles. The summed E-state index contributed by atoms with van der Waals surface area (Å²) in [4.78, 5) is 39.7. The molecule has 1 rings (SSSR count). The van der Waals surface area contributed by atoms with Gasteiger partial charge in [-0.1, -0.05) is 0 Å². The zero-order valence-electron chi connectivity index (χ0n) is 16.2. The number of carbonyl (C=O) groups is 2. The molecule has 0 saturated carbocycles. The van der Waals surface area contributed by atoms with Crippen molar-refractivity contribution in [2.45, 2.75) is 65.1 Å². The molecule has 1 aromatic heterocycles. The van der Waals surface area contributed by atoms with Crippen LogP contribution in [0.3, 0.4) is 0 Å². The third-order valence-corrected chi connectivity index (χ3v) is 3.00. The van der Waals surface area contributed by atoms with Gasteiger partial charge in [-0.05, 0) is 47.6 Å². The molecule has 27 heavy (non-hydrogen) atoms. The Labute approximate surface area is 157 Å². The first-order chi connectivity index (χ1) is 12.2. The molecule has 9 heteroatoms. The highest BCUT2D eigenvalue weighted by molar-refractivity contribution is 6.00. The van der Waals surface area contributed by atoms with Gasteiger partial charge in [-0.2, -0.15) is 5.26 Å². The molecule has 0 spiro atoms. The Morgan fingerprint density at radius 3 is 2.00 bits per heavy atom. The fraction of sp³-hybridized carbons (Fsp3) is 0.556. The predicted octanol–water partition coefficient (Wildman–Crippen LogP) is 2.82. The Hall–Kier alpha value is -3.02. The molecular formula is C18H23N3O6. The molecule has 1 heterocycles. The molecule has 0 fully saturated rings. The topological polar surface area (TPSA) is 132 Å². The number of hydrogen-bond donors (Lipinski definition) is 0. The Morgan fingerprint density at radius 1 is 1.15 bits per heavy atom.